The molecule has 168 valence electrons. The van der Waals surface area contributed by atoms with Crippen LogP contribution in [0.4, 0.5) is 0 Å². The molecule has 4 aliphatic carbocycles. The minimum atomic E-state index is -1.12. The number of esters is 2. The molecule has 0 radical (unpaired) electrons. The fourth-order valence-electron chi connectivity index (χ4n) is 7.98. The van der Waals surface area contributed by atoms with Crippen LogP contribution in [0.25, 0.3) is 0 Å². The molecule has 3 fully saturated rings. The summed E-state index contributed by atoms with van der Waals surface area (Å²) in [6, 6.07) is 0. The third kappa shape index (κ3) is 2.90. The predicted octanol–water partition coefficient (Wildman–Crippen LogP) is 3.27. The molecule has 6 heteroatoms. The smallest absolute Gasteiger partial charge is 0.331 e. The molecule has 1 N–H and O–H groups in total. The average Bonchev–Trinajstić information content (AvgIpc) is 3.29. The molecule has 5 rings (SSSR count). The number of hydrogen-bond donors (Lipinski definition) is 1. The number of rotatable bonds is 3. The quantitative estimate of drug-likeness (QED) is 0.422. The number of hydrogen-bond acceptors (Lipinski definition) is 6. The SMILES string of the molecule is CC(=O)OC1CCC2(C=O)C3CCC4(C)C(=CC[C@H]4C4=CC(=O)OC4)C3CCC2(O)C1. The van der Waals surface area contributed by atoms with Crippen LogP contribution < -0.4 is 0 Å². The topological polar surface area (TPSA) is 89.9 Å². The maximum absolute atomic E-state index is 12.6. The molecule has 5 aliphatic rings. The summed E-state index contributed by atoms with van der Waals surface area (Å²) in [7, 11) is 0. The first kappa shape index (κ1) is 20.9. The summed E-state index contributed by atoms with van der Waals surface area (Å²) >= 11 is 0. The van der Waals surface area contributed by atoms with Crippen molar-refractivity contribution in [3.8, 4) is 0 Å². The highest BCUT2D eigenvalue weighted by Crippen LogP contribution is 2.67. The van der Waals surface area contributed by atoms with Crippen molar-refractivity contribution in [3.63, 3.8) is 0 Å². The van der Waals surface area contributed by atoms with Crippen molar-refractivity contribution >= 4 is 18.2 Å². The third-order valence-electron chi connectivity index (χ3n) is 9.38. The predicted molar refractivity (Wildman–Crippen MR) is 112 cm³/mol. The number of ether oxygens (including phenoxy) is 2. The summed E-state index contributed by atoms with van der Waals surface area (Å²) in [5.74, 6) is 0.0873. The van der Waals surface area contributed by atoms with Crippen LogP contribution in [0.15, 0.2) is 23.3 Å². The fourth-order valence-corrected chi connectivity index (χ4v) is 7.98. The monoisotopic (exact) mass is 428 g/mol. The second kappa shape index (κ2) is 7.03. The van der Waals surface area contributed by atoms with Crippen molar-refractivity contribution in [1.82, 2.24) is 0 Å². The van der Waals surface area contributed by atoms with E-state index in [-0.39, 0.29) is 41.2 Å². The molecule has 1 aliphatic heterocycles. The van der Waals surface area contributed by atoms with Gasteiger partial charge in [-0.05, 0) is 73.7 Å². The Morgan fingerprint density at radius 2 is 2.06 bits per heavy atom. The van der Waals surface area contributed by atoms with Crippen LogP contribution in [0.1, 0.15) is 65.2 Å². The molecule has 6 unspecified atom stereocenters. The molecule has 3 saturated carbocycles. The second-order valence-corrected chi connectivity index (χ2v) is 10.6. The fraction of sp³-hybridized carbons (Fsp3) is 0.720. The lowest BCUT2D eigenvalue weighted by Crippen LogP contribution is -2.64. The Morgan fingerprint density at radius 1 is 1.26 bits per heavy atom. The summed E-state index contributed by atoms with van der Waals surface area (Å²) in [4.78, 5) is 35.8. The first-order valence-corrected chi connectivity index (χ1v) is 11.7. The number of aliphatic hydroxyl groups is 1. The molecule has 31 heavy (non-hydrogen) atoms. The molecule has 0 aromatic heterocycles. The van der Waals surface area contributed by atoms with Crippen LogP contribution in [0, 0.1) is 28.6 Å². The van der Waals surface area contributed by atoms with E-state index in [0.29, 0.717) is 32.3 Å². The number of allylic oxidation sites excluding steroid dienone is 2. The van der Waals surface area contributed by atoms with Crippen molar-refractivity contribution in [3.05, 3.63) is 23.3 Å². The maximum atomic E-state index is 12.6. The standard InChI is InChI=1S/C25H32O6/c1-15(27)31-17-5-9-24(14-26)21-7-8-23(2)19(16-11-22(28)30-13-16)3-4-20(23)18(21)6-10-25(24,29)12-17/h4,11,14,17-19,21,29H,3,5-10,12-13H2,1-2H3/t17?,18?,19-,21?,23?,24?,25?/m0/s1. The minimum Gasteiger partial charge on any atom is -0.462 e. The molecule has 1 heterocycles. The van der Waals surface area contributed by atoms with Gasteiger partial charge in [0.1, 0.15) is 19.0 Å². The number of carbonyl (C=O) groups excluding carboxylic acids is 3. The zero-order chi connectivity index (χ0) is 22.0. The Hall–Kier alpha value is -1.95. The van der Waals surface area contributed by atoms with Gasteiger partial charge in [-0.1, -0.05) is 18.6 Å². The molecular formula is C25H32O6. The van der Waals surface area contributed by atoms with Crippen LogP contribution in [0.3, 0.4) is 0 Å². The van der Waals surface area contributed by atoms with E-state index in [9.17, 15) is 19.5 Å². The van der Waals surface area contributed by atoms with E-state index in [4.69, 9.17) is 9.47 Å². The summed E-state index contributed by atoms with van der Waals surface area (Å²) in [6.07, 6.45) is 10.4. The number of fused-ring (bicyclic) bond motifs is 5. The lowest BCUT2D eigenvalue weighted by atomic mass is 9.44. The third-order valence-corrected chi connectivity index (χ3v) is 9.38. The highest BCUT2D eigenvalue weighted by atomic mass is 16.5. The second-order valence-electron chi connectivity index (χ2n) is 10.6. The van der Waals surface area contributed by atoms with Crippen LogP contribution in [0.2, 0.25) is 0 Å². The van der Waals surface area contributed by atoms with Crippen molar-refractivity contribution in [2.45, 2.75) is 76.9 Å². The Bertz CT molecular complexity index is 888. The lowest BCUT2D eigenvalue weighted by molar-refractivity contribution is -0.206. The first-order chi connectivity index (χ1) is 14.7. The van der Waals surface area contributed by atoms with Gasteiger partial charge >= 0.3 is 11.9 Å². The van der Waals surface area contributed by atoms with Crippen molar-refractivity contribution in [2.75, 3.05) is 6.61 Å². The van der Waals surface area contributed by atoms with Crippen molar-refractivity contribution in [2.24, 2.45) is 28.6 Å². The van der Waals surface area contributed by atoms with Gasteiger partial charge in [0.25, 0.3) is 0 Å². The number of carbonyl (C=O) groups is 3. The van der Waals surface area contributed by atoms with Gasteiger partial charge in [-0.2, -0.15) is 0 Å². The van der Waals surface area contributed by atoms with Crippen LogP contribution in [0.5, 0.6) is 0 Å². The molecular weight excluding hydrogens is 396 g/mol. The molecule has 0 aromatic carbocycles. The summed E-state index contributed by atoms with van der Waals surface area (Å²) < 4.78 is 10.6. The van der Waals surface area contributed by atoms with Crippen molar-refractivity contribution < 1.29 is 29.0 Å². The van der Waals surface area contributed by atoms with Gasteiger partial charge in [0.2, 0.25) is 0 Å². The van der Waals surface area contributed by atoms with Gasteiger partial charge in [0, 0.05) is 19.4 Å². The van der Waals surface area contributed by atoms with Gasteiger partial charge in [0.15, 0.2) is 0 Å². The highest BCUT2D eigenvalue weighted by Gasteiger charge is 2.65. The Balaban J connectivity index is 1.43. The van der Waals surface area contributed by atoms with Gasteiger partial charge in [0.05, 0.1) is 11.0 Å². The van der Waals surface area contributed by atoms with E-state index < -0.39 is 11.0 Å². The van der Waals surface area contributed by atoms with E-state index >= 15 is 0 Å². The molecule has 0 amide bonds. The van der Waals surface area contributed by atoms with Gasteiger partial charge in [-0.15, -0.1) is 0 Å². The Kier molecular flexibility index (Phi) is 4.74. The van der Waals surface area contributed by atoms with E-state index in [0.717, 1.165) is 37.5 Å². The molecule has 0 saturated heterocycles. The Morgan fingerprint density at radius 3 is 2.74 bits per heavy atom. The summed E-state index contributed by atoms with van der Waals surface area (Å²) in [5, 5.41) is 11.7. The van der Waals surface area contributed by atoms with Crippen molar-refractivity contribution in [1.29, 1.82) is 0 Å². The molecule has 6 nitrogen and oxygen atoms in total. The minimum absolute atomic E-state index is 0.0184. The largest absolute Gasteiger partial charge is 0.462 e. The Labute approximate surface area is 183 Å². The maximum Gasteiger partial charge on any atom is 0.331 e. The van der Waals surface area contributed by atoms with Gasteiger partial charge in [-0.25, -0.2) is 4.79 Å². The number of cyclic esters (lactones) is 1. The summed E-state index contributed by atoms with van der Waals surface area (Å²) in [5.41, 5.74) is 0.596. The lowest BCUT2D eigenvalue weighted by Gasteiger charge is -2.61. The zero-order valence-corrected chi connectivity index (χ0v) is 18.4. The van der Waals surface area contributed by atoms with E-state index in [1.54, 1.807) is 6.08 Å². The molecule has 7 atom stereocenters. The normalized spacial score (nSPS) is 46.1. The van der Waals surface area contributed by atoms with Gasteiger partial charge in [-0.3, -0.25) is 4.79 Å². The average molecular weight is 429 g/mol. The van der Waals surface area contributed by atoms with E-state index in [1.807, 2.05) is 0 Å². The summed E-state index contributed by atoms with van der Waals surface area (Å²) in [6.45, 7) is 4.10. The zero-order valence-electron chi connectivity index (χ0n) is 18.4. The first-order valence-electron chi connectivity index (χ1n) is 11.7. The number of aldehydes is 1. The van der Waals surface area contributed by atoms with E-state index in [2.05, 4.69) is 13.0 Å². The van der Waals surface area contributed by atoms with Crippen LogP contribution >= 0.6 is 0 Å². The van der Waals surface area contributed by atoms with Crippen LogP contribution in [-0.4, -0.2) is 41.6 Å². The molecule has 0 aromatic rings. The molecule has 0 spiro atoms. The van der Waals surface area contributed by atoms with E-state index in [1.165, 1.54) is 12.5 Å². The van der Waals surface area contributed by atoms with Gasteiger partial charge < -0.3 is 19.4 Å². The molecule has 0 bridgehead atoms. The highest BCUT2D eigenvalue weighted by molar-refractivity contribution is 5.85. The van der Waals surface area contributed by atoms with Crippen LogP contribution in [-0.2, 0) is 23.9 Å².